The molecule has 0 bridgehead atoms. The van der Waals surface area contributed by atoms with Crippen LogP contribution in [0.1, 0.15) is 45.1 Å². The number of benzene rings is 1. The van der Waals surface area contributed by atoms with E-state index in [4.69, 9.17) is 9.47 Å². The Kier molecular flexibility index (Phi) is 8.80. The molecular weight excluding hydrogens is 296 g/mol. The number of hydrogen-bond donors (Lipinski definition) is 0. The number of Topliss-reactive ketones (excluding diaryl/α,β-unsaturated/α-hetero) is 1. The Morgan fingerprint density at radius 3 is 2.43 bits per heavy atom. The lowest BCUT2D eigenvalue weighted by Gasteiger charge is -2.13. The highest BCUT2D eigenvalue weighted by molar-refractivity contribution is 6.34. The van der Waals surface area contributed by atoms with E-state index in [1.165, 1.54) is 20.0 Å². The van der Waals surface area contributed by atoms with Gasteiger partial charge in [-0.2, -0.15) is 0 Å². The van der Waals surface area contributed by atoms with Crippen LogP contribution in [-0.4, -0.2) is 32.1 Å². The summed E-state index contributed by atoms with van der Waals surface area (Å²) in [6.07, 6.45) is 4.53. The maximum atomic E-state index is 11.6. The van der Waals surface area contributed by atoms with Crippen molar-refractivity contribution in [2.24, 2.45) is 0 Å². The number of ether oxygens (including phenoxy) is 3. The fourth-order valence-corrected chi connectivity index (χ4v) is 2.13. The molecule has 0 N–H and O–H groups in total. The smallest absolute Gasteiger partial charge is 0.374 e. The average Bonchev–Trinajstić information content (AvgIpc) is 2.55. The summed E-state index contributed by atoms with van der Waals surface area (Å²) in [5.74, 6) is -0.154. The van der Waals surface area contributed by atoms with Gasteiger partial charge in [-0.3, -0.25) is 4.79 Å². The molecule has 1 aromatic rings. The van der Waals surface area contributed by atoms with Crippen LogP contribution in [0, 0.1) is 0 Å². The molecule has 0 amide bonds. The van der Waals surface area contributed by atoms with Crippen LogP contribution in [0.15, 0.2) is 18.2 Å². The largest absolute Gasteiger partial charge is 0.490 e. The standard InChI is InChI=1S/C18H26O5/c1-4-6-7-8-11-23-16-10-9-14(13-17(16)22-5-2)12-15(19)18(20)21-3/h9-10,13H,4-8,11-12H2,1-3H3. The predicted molar refractivity (Wildman–Crippen MR) is 88.0 cm³/mol. The van der Waals surface area contributed by atoms with Crippen LogP contribution in [0.3, 0.4) is 0 Å². The van der Waals surface area contributed by atoms with Gasteiger partial charge in [-0.15, -0.1) is 0 Å². The molecule has 128 valence electrons. The first-order valence-corrected chi connectivity index (χ1v) is 8.12. The van der Waals surface area contributed by atoms with Gasteiger partial charge in [0.1, 0.15) is 0 Å². The van der Waals surface area contributed by atoms with Gasteiger partial charge in [0.05, 0.1) is 20.3 Å². The Hall–Kier alpha value is -2.04. The molecule has 0 atom stereocenters. The number of carbonyl (C=O) groups excluding carboxylic acids is 2. The zero-order valence-electron chi connectivity index (χ0n) is 14.2. The van der Waals surface area contributed by atoms with Gasteiger partial charge in [-0.1, -0.05) is 32.3 Å². The number of unbranched alkanes of at least 4 members (excludes halogenated alkanes) is 3. The first kappa shape index (κ1) is 19.0. The molecule has 0 spiro atoms. The van der Waals surface area contributed by atoms with Crippen molar-refractivity contribution in [3.8, 4) is 11.5 Å². The molecule has 0 aliphatic heterocycles. The third-order valence-corrected chi connectivity index (χ3v) is 3.34. The fourth-order valence-electron chi connectivity index (χ4n) is 2.13. The molecule has 0 saturated carbocycles. The maximum absolute atomic E-state index is 11.6. The summed E-state index contributed by atoms with van der Waals surface area (Å²) in [4.78, 5) is 22.8. The molecule has 0 unspecified atom stereocenters. The first-order valence-electron chi connectivity index (χ1n) is 8.12. The topological polar surface area (TPSA) is 61.8 Å². The molecule has 0 fully saturated rings. The number of methoxy groups -OCH3 is 1. The lowest BCUT2D eigenvalue weighted by Crippen LogP contribution is -2.17. The van der Waals surface area contributed by atoms with Crippen molar-refractivity contribution in [3.63, 3.8) is 0 Å². The first-order chi connectivity index (χ1) is 11.1. The van der Waals surface area contributed by atoms with Crippen LogP contribution in [0.4, 0.5) is 0 Å². The summed E-state index contributed by atoms with van der Waals surface area (Å²) in [5, 5.41) is 0. The van der Waals surface area contributed by atoms with Gasteiger partial charge in [0.25, 0.3) is 0 Å². The van der Waals surface area contributed by atoms with Gasteiger partial charge >= 0.3 is 5.97 Å². The summed E-state index contributed by atoms with van der Waals surface area (Å²) in [6.45, 7) is 5.20. The Morgan fingerprint density at radius 1 is 1.00 bits per heavy atom. The van der Waals surface area contributed by atoms with Gasteiger partial charge in [0, 0.05) is 6.42 Å². The van der Waals surface area contributed by atoms with Crippen molar-refractivity contribution in [2.75, 3.05) is 20.3 Å². The van der Waals surface area contributed by atoms with E-state index in [9.17, 15) is 9.59 Å². The van der Waals surface area contributed by atoms with Crippen molar-refractivity contribution in [2.45, 2.75) is 46.0 Å². The van der Waals surface area contributed by atoms with Crippen LogP contribution in [0.2, 0.25) is 0 Å². The van der Waals surface area contributed by atoms with Gasteiger partial charge in [-0.05, 0) is 31.0 Å². The number of rotatable bonds is 11. The third kappa shape index (κ3) is 6.72. The lowest BCUT2D eigenvalue weighted by atomic mass is 10.1. The predicted octanol–water partition coefficient (Wildman–Crippen LogP) is 3.33. The van der Waals surface area contributed by atoms with Gasteiger partial charge in [0.2, 0.25) is 5.78 Å². The Balaban J connectivity index is 2.69. The number of ketones is 1. The Morgan fingerprint density at radius 2 is 1.78 bits per heavy atom. The van der Waals surface area contributed by atoms with E-state index in [0.29, 0.717) is 30.3 Å². The molecule has 5 nitrogen and oxygen atoms in total. The van der Waals surface area contributed by atoms with Gasteiger partial charge in [0.15, 0.2) is 11.5 Å². The van der Waals surface area contributed by atoms with E-state index >= 15 is 0 Å². The summed E-state index contributed by atoms with van der Waals surface area (Å²) < 4.78 is 15.8. The molecule has 0 aliphatic rings. The van der Waals surface area contributed by atoms with Crippen molar-refractivity contribution in [3.05, 3.63) is 23.8 Å². The van der Waals surface area contributed by atoms with E-state index in [1.807, 2.05) is 6.92 Å². The molecule has 0 radical (unpaired) electrons. The number of hydrogen-bond acceptors (Lipinski definition) is 5. The van der Waals surface area contributed by atoms with E-state index in [0.717, 1.165) is 12.8 Å². The summed E-state index contributed by atoms with van der Waals surface area (Å²) >= 11 is 0. The van der Waals surface area contributed by atoms with Crippen molar-refractivity contribution in [1.29, 1.82) is 0 Å². The SMILES string of the molecule is CCCCCCOc1ccc(CC(=O)C(=O)OC)cc1OCC. The molecule has 23 heavy (non-hydrogen) atoms. The maximum Gasteiger partial charge on any atom is 0.374 e. The molecular formula is C18H26O5. The number of carbonyl (C=O) groups is 2. The Bertz CT molecular complexity index is 510. The second-order valence-corrected chi connectivity index (χ2v) is 5.21. The van der Waals surface area contributed by atoms with Crippen molar-refractivity contribution >= 4 is 11.8 Å². The average molecular weight is 322 g/mol. The summed E-state index contributed by atoms with van der Waals surface area (Å²) in [6, 6.07) is 5.29. The van der Waals surface area contributed by atoms with Crippen molar-refractivity contribution < 1.29 is 23.8 Å². The minimum absolute atomic E-state index is 0.0104. The summed E-state index contributed by atoms with van der Waals surface area (Å²) in [5.41, 5.74) is 0.696. The highest BCUT2D eigenvalue weighted by Gasteiger charge is 2.16. The lowest BCUT2D eigenvalue weighted by molar-refractivity contribution is -0.151. The molecule has 1 rings (SSSR count). The molecule has 1 aromatic carbocycles. The van der Waals surface area contributed by atoms with Crippen LogP contribution in [0.25, 0.3) is 0 Å². The molecule has 0 saturated heterocycles. The van der Waals surface area contributed by atoms with Gasteiger partial charge in [-0.25, -0.2) is 4.79 Å². The van der Waals surface area contributed by atoms with Gasteiger partial charge < -0.3 is 14.2 Å². The second-order valence-electron chi connectivity index (χ2n) is 5.21. The van der Waals surface area contributed by atoms with E-state index < -0.39 is 11.8 Å². The summed E-state index contributed by atoms with van der Waals surface area (Å²) in [7, 11) is 1.20. The fraction of sp³-hybridized carbons (Fsp3) is 0.556. The molecule has 5 heteroatoms. The van der Waals surface area contributed by atoms with E-state index in [2.05, 4.69) is 11.7 Å². The zero-order chi connectivity index (χ0) is 17.1. The van der Waals surface area contributed by atoms with Crippen LogP contribution in [-0.2, 0) is 20.7 Å². The molecule has 0 heterocycles. The van der Waals surface area contributed by atoms with Crippen LogP contribution < -0.4 is 9.47 Å². The van der Waals surface area contributed by atoms with Crippen molar-refractivity contribution in [1.82, 2.24) is 0 Å². The molecule has 0 aliphatic carbocycles. The van der Waals surface area contributed by atoms with Crippen LogP contribution >= 0.6 is 0 Å². The highest BCUT2D eigenvalue weighted by atomic mass is 16.5. The quantitative estimate of drug-likeness (QED) is 0.355. The van der Waals surface area contributed by atoms with E-state index in [-0.39, 0.29) is 6.42 Å². The van der Waals surface area contributed by atoms with E-state index in [1.54, 1.807) is 18.2 Å². The van der Waals surface area contributed by atoms with Crippen LogP contribution in [0.5, 0.6) is 11.5 Å². The highest BCUT2D eigenvalue weighted by Crippen LogP contribution is 2.29. The minimum Gasteiger partial charge on any atom is -0.490 e. The number of esters is 1. The normalized spacial score (nSPS) is 10.2. The minimum atomic E-state index is -0.834. The third-order valence-electron chi connectivity index (χ3n) is 3.34. The zero-order valence-corrected chi connectivity index (χ0v) is 14.2. The second kappa shape index (κ2) is 10.6. The monoisotopic (exact) mass is 322 g/mol. The molecule has 0 aromatic heterocycles. The Labute approximate surface area is 137 Å².